The van der Waals surface area contributed by atoms with E-state index in [0.717, 1.165) is 0 Å². The molecule has 1 aromatic heterocycles. The fraction of sp³-hybridized carbons (Fsp3) is 0.231. The standard InChI is InChI=1S/C16H13.C10H12OSi.2ClH.Zr/c1-12-10-14-8-5-9-15(16(14)11-12)13-6-3-2-4-7-13;1-6-9-7-4-5-11-8(7)10(6)12(9,2)3;;;/h2-11H,1H3;4-5,10H,1-3H3;2*1H;/q;;;;+2/p-2. The van der Waals surface area contributed by atoms with Crippen LogP contribution in [0.1, 0.15) is 45.5 Å². The van der Waals surface area contributed by atoms with E-state index in [1.807, 2.05) is 6.26 Å². The van der Waals surface area contributed by atoms with Crippen LogP contribution in [0.2, 0.25) is 13.1 Å². The average Bonchev–Trinajstić information content (AvgIpc) is 3.40. The van der Waals surface area contributed by atoms with Crippen molar-refractivity contribution in [1.82, 2.24) is 0 Å². The fourth-order valence-corrected chi connectivity index (χ4v) is 10.6. The Balaban J connectivity index is 0.000000173. The van der Waals surface area contributed by atoms with Crippen molar-refractivity contribution in [3.63, 3.8) is 0 Å². The number of rotatable bonds is 1. The van der Waals surface area contributed by atoms with Gasteiger partial charge in [0, 0.05) is 11.1 Å². The van der Waals surface area contributed by atoms with Gasteiger partial charge in [0.2, 0.25) is 0 Å². The molecular formula is C26H25Cl2OSiZr. The van der Waals surface area contributed by atoms with E-state index in [0.29, 0.717) is 9.17 Å². The zero-order chi connectivity index (χ0) is 20.3. The summed E-state index contributed by atoms with van der Waals surface area (Å²) in [6.45, 7) is 9.38. The Morgan fingerprint density at radius 1 is 0.871 bits per heavy atom. The third kappa shape index (κ3) is 3.72. The van der Waals surface area contributed by atoms with Crippen molar-refractivity contribution < 1.29 is 54.0 Å². The number of allylic oxidation sites excluding steroid dienone is 2. The van der Waals surface area contributed by atoms with Gasteiger partial charge in [-0.15, -0.1) is 0 Å². The zero-order valence-corrected chi connectivity index (χ0v) is 23.1. The summed E-state index contributed by atoms with van der Waals surface area (Å²) in [5.41, 5.74) is 10.8. The minimum Gasteiger partial charge on any atom is -1.00 e. The van der Waals surface area contributed by atoms with Crippen molar-refractivity contribution >= 4 is 19.3 Å². The molecule has 157 valence electrons. The van der Waals surface area contributed by atoms with Gasteiger partial charge in [0.15, 0.2) is 0 Å². The molecule has 2 aliphatic heterocycles. The molecule has 0 spiro atoms. The number of hydrogen-bond donors (Lipinski definition) is 0. The Hall–Kier alpha value is -1.12. The second-order valence-electron chi connectivity index (χ2n) is 8.91. The predicted molar refractivity (Wildman–Crippen MR) is 120 cm³/mol. The van der Waals surface area contributed by atoms with Gasteiger partial charge in [0.1, 0.15) is 5.76 Å². The molecule has 31 heavy (non-hydrogen) atoms. The van der Waals surface area contributed by atoms with Gasteiger partial charge >= 0.3 is 118 Å². The summed E-state index contributed by atoms with van der Waals surface area (Å²) < 4.78 is 6.18. The van der Waals surface area contributed by atoms with E-state index in [2.05, 4.69) is 87.6 Å². The van der Waals surface area contributed by atoms with Crippen LogP contribution in [0.4, 0.5) is 0 Å². The molecule has 2 bridgehead atoms. The van der Waals surface area contributed by atoms with Gasteiger partial charge in [-0.1, -0.05) is 18.7 Å². The van der Waals surface area contributed by atoms with E-state index in [4.69, 9.17) is 4.42 Å². The van der Waals surface area contributed by atoms with Crippen LogP contribution < -0.4 is 24.8 Å². The summed E-state index contributed by atoms with van der Waals surface area (Å²) in [6, 6.07) is 19.5. The van der Waals surface area contributed by atoms with E-state index in [1.54, 1.807) is 35.5 Å². The van der Waals surface area contributed by atoms with Crippen molar-refractivity contribution in [2.24, 2.45) is 0 Å². The first-order chi connectivity index (χ1) is 13.9. The van der Waals surface area contributed by atoms with E-state index in [1.165, 1.54) is 39.2 Å². The Bertz CT molecular complexity index is 1180. The SMILES string of the molecule is CC1=C2c3ccoc3C1[Si]2(C)C.CC1=Cc2c(-c3ccccc3)cccc2[CH]1[Zr+2].[Cl-].[Cl-]. The summed E-state index contributed by atoms with van der Waals surface area (Å²) in [6.07, 6.45) is 4.19. The van der Waals surface area contributed by atoms with Gasteiger partial charge in [-0.3, -0.25) is 0 Å². The maximum Gasteiger partial charge on any atom is -1.00 e. The molecule has 0 radical (unpaired) electrons. The van der Waals surface area contributed by atoms with Gasteiger partial charge in [-0.2, -0.15) is 0 Å². The van der Waals surface area contributed by atoms with Crippen LogP contribution >= 0.6 is 0 Å². The molecule has 3 heterocycles. The minimum atomic E-state index is -1.08. The van der Waals surface area contributed by atoms with Crippen molar-refractivity contribution in [1.29, 1.82) is 0 Å². The number of furan rings is 1. The first-order valence-electron chi connectivity index (χ1n) is 10.3. The van der Waals surface area contributed by atoms with Gasteiger partial charge < -0.3 is 29.2 Å². The number of benzene rings is 2. The van der Waals surface area contributed by atoms with Gasteiger partial charge in [-0.05, 0) is 18.2 Å². The molecule has 1 nitrogen and oxygen atoms in total. The molecule has 7 rings (SSSR count). The van der Waals surface area contributed by atoms with Crippen LogP contribution in [0.3, 0.4) is 0 Å². The van der Waals surface area contributed by atoms with Crippen molar-refractivity contribution in [2.75, 3.05) is 0 Å². The van der Waals surface area contributed by atoms with E-state index in [-0.39, 0.29) is 24.8 Å². The number of hydrogen-bond acceptors (Lipinski definition) is 1. The quantitative estimate of drug-likeness (QED) is 0.422. The Morgan fingerprint density at radius 3 is 2.23 bits per heavy atom. The van der Waals surface area contributed by atoms with Crippen LogP contribution in [-0.2, 0) is 24.7 Å². The molecule has 0 saturated heterocycles. The summed E-state index contributed by atoms with van der Waals surface area (Å²) in [5.74, 6) is 1.26. The summed E-state index contributed by atoms with van der Waals surface area (Å²) >= 11 is 1.58. The van der Waals surface area contributed by atoms with Gasteiger partial charge in [-0.25, -0.2) is 0 Å². The average molecular weight is 544 g/mol. The van der Waals surface area contributed by atoms with Crippen LogP contribution in [0, 0.1) is 0 Å². The third-order valence-electron chi connectivity index (χ3n) is 6.78. The monoisotopic (exact) mass is 541 g/mol. The van der Waals surface area contributed by atoms with Crippen molar-refractivity contribution in [3.05, 3.63) is 94.5 Å². The van der Waals surface area contributed by atoms with Gasteiger partial charge in [0.25, 0.3) is 0 Å². The molecule has 0 N–H and O–H groups in total. The van der Waals surface area contributed by atoms with Crippen molar-refractivity contribution in [3.8, 4) is 11.1 Å². The van der Waals surface area contributed by atoms with Crippen LogP contribution in [0.25, 0.3) is 22.4 Å². The first kappa shape index (κ1) is 24.5. The smallest absolute Gasteiger partial charge is 1.00 e. The van der Waals surface area contributed by atoms with E-state index < -0.39 is 8.07 Å². The maximum atomic E-state index is 5.53. The topological polar surface area (TPSA) is 13.1 Å². The van der Waals surface area contributed by atoms with Crippen molar-refractivity contribution in [2.45, 2.75) is 36.1 Å². The normalized spacial score (nSPS) is 20.9. The second-order valence-corrected chi connectivity index (χ2v) is 14.8. The molecule has 0 fully saturated rings. The molecule has 2 aromatic carbocycles. The largest absolute Gasteiger partial charge is 1.00 e. The maximum absolute atomic E-state index is 5.53. The van der Waals surface area contributed by atoms with Crippen LogP contribution in [-0.4, -0.2) is 8.07 Å². The Labute approximate surface area is 213 Å². The first-order valence-corrected chi connectivity index (χ1v) is 14.8. The third-order valence-corrected chi connectivity index (χ3v) is 12.8. The predicted octanol–water partition coefficient (Wildman–Crippen LogP) is 1.32. The molecule has 0 saturated carbocycles. The van der Waals surface area contributed by atoms with E-state index >= 15 is 0 Å². The van der Waals surface area contributed by atoms with E-state index in [9.17, 15) is 0 Å². The second kappa shape index (κ2) is 9.02. The molecular weight excluding hydrogens is 519 g/mol. The molecule has 5 heteroatoms. The number of fused-ring (bicyclic) bond motifs is 1. The number of halogens is 2. The summed E-state index contributed by atoms with van der Waals surface area (Å²) in [4.78, 5) is 0. The zero-order valence-electron chi connectivity index (χ0n) is 18.2. The fourth-order valence-electron chi connectivity index (χ4n) is 5.52. The summed E-state index contributed by atoms with van der Waals surface area (Å²) in [7, 11) is -1.08. The van der Waals surface area contributed by atoms with Gasteiger partial charge in [0.05, 0.1) is 14.3 Å². The molecule has 2 unspecified atom stereocenters. The molecule has 2 atom stereocenters. The Kier molecular flexibility index (Phi) is 7.14. The Morgan fingerprint density at radius 2 is 1.58 bits per heavy atom. The molecule has 0 amide bonds. The minimum absolute atomic E-state index is 0. The van der Waals surface area contributed by atoms with Crippen LogP contribution in [0.15, 0.2) is 76.4 Å². The molecule has 2 aliphatic carbocycles. The van der Waals surface area contributed by atoms with Crippen LogP contribution in [0.5, 0.6) is 0 Å². The molecule has 4 aliphatic rings. The summed E-state index contributed by atoms with van der Waals surface area (Å²) in [5, 5.41) is 1.66. The molecule has 3 aromatic rings.